The van der Waals surface area contributed by atoms with E-state index in [0.717, 1.165) is 61.5 Å². The first-order valence-corrected chi connectivity index (χ1v) is 21.8. The fourth-order valence-corrected chi connectivity index (χ4v) is 8.13. The van der Waals surface area contributed by atoms with Gasteiger partial charge >= 0.3 is 0 Å². The van der Waals surface area contributed by atoms with Crippen molar-refractivity contribution in [1.29, 1.82) is 0 Å². The number of imidazole rings is 1. The molecule has 0 aliphatic carbocycles. The molecule has 0 spiro atoms. The zero-order valence-corrected chi connectivity index (χ0v) is 42.1. The zero-order chi connectivity index (χ0) is 45.3. The zero-order valence-electron chi connectivity index (χ0n) is 39.9. The molecule has 5 nitrogen and oxygen atoms in total. The second-order valence-corrected chi connectivity index (χ2v) is 22.1. The van der Waals surface area contributed by atoms with Crippen LogP contribution in [0.15, 0.2) is 103 Å². The van der Waals surface area contributed by atoms with Crippen molar-refractivity contribution in [2.75, 3.05) is 0 Å². The molecule has 7 aromatic rings. The van der Waals surface area contributed by atoms with E-state index in [2.05, 4.69) is 210 Å². The monoisotopic (exact) mass is 1010 g/mol. The van der Waals surface area contributed by atoms with Crippen LogP contribution in [0.1, 0.15) is 132 Å². The Morgan fingerprint density at radius 2 is 1.11 bits per heavy atom. The fourth-order valence-electron chi connectivity index (χ4n) is 8.13. The number of pyridine rings is 1. The summed E-state index contributed by atoms with van der Waals surface area (Å²) in [4.78, 5) is 15.0. The van der Waals surface area contributed by atoms with E-state index in [1.807, 2.05) is 12.1 Å². The molecule has 0 radical (unpaired) electrons. The van der Waals surface area contributed by atoms with Crippen molar-refractivity contribution in [3.63, 3.8) is 0 Å². The first-order chi connectivity index (χ1) is 28.8. The van der Waals surface area contributed by atoms with Gasteiger partial charge in [0.2, 0.25) is 0 Å². The van der Waals surface area contributed by atoms with Gasteiger partial charge < -0.3 is 9.67 Å². The normalized spacial score (nSPS) is 12.6. The van der Waals surface area contributed by atoms with E-state index in [1.165, 1.54) is 5.56 Å². The third-order valence-corrected chi connectivity index (χ3v) is 12.0. The molecule has 63 heavy (non-hydrogen) atoms. The van der Waals surface area contributed by atoms with Crippen LogP contribution in [0, 0.1) is 12.6 Å². The molecule has 0 aliphatic heterocycles. The van der Waals surface area contributed by atoms with Crippen LogP contribution >= 0.6 is 0 Å². The number of fused-ring (bicyclic) bond motifs is 1. The van der Waals surface area contributed by atoms with Crippen LogP contribution < -0.4 is 0 Å². The molecule has 0 saturated heterocycles. The van der Waals surface area contributed by atoms with Crippen molar-refractivity contribution in [3.8, 4) is 56.5 Å². The van der Waals surface area contributed by atoms with Gasteiger partial charge in [0.25, 0.3) is 0 Å². The molecule has 7 rings (SSSR count). The van der Waals surface area contributed by atoms with Gasteiger partial charge in [-0.25, -0.2) is 4.85 Å². The van der Waals surface area contributed by atoms with E-state index >= 15 is 0 Å². The molecule has 0 aliphatic rings. The Bertz CT molecular complexity index is 2880. The summed E-state index contributed by atoms with van der Waals surface area (Å²) in [5, 5.41) is 12.1. The van der Waals surface area contributed by atoms with Gasteiger partial charge in [0, 0.05) is 49.1 Å². The SMILES string of the molecule is [C-]#[N+]c1c(C(C)(C)C)cc(-c2cc(C(C)(C)C)cc(C(C)(C)C)c2O)nc1-c1[c-]c(-c2nc3ccccc3n2-c2ccc(C(C)(C)C)cc2-c2ccccc2)cc(C(C)(C)C)c1.[Pt]. The van der Waals surface area contributed by atoms with E-state index in [1.54, 1.807) is 0 Å². The summed E-state index contributed by atoms with van der Waals surface area (Å²) < 4.78 is 2.27. The van der Waals surface area contributed by atoms with Crippen molar-refractivity contribution < 1.29 is 26.2 Å². The van der Waals surface area contributed by atoms with Crippen molar-refractivity contribution in [3.05, 3.63) is 148 Å². The Labute approximate surface area is 391 Å². The largest absolute Gasteiger partial charge is 0.507 e. The van der Waals surface area contributed by atoms with Gasteiger partial charge in [-0.2, -0.15) is 0 Å². The standard InChI is InChI=1S/C57H63N4O.Pt/c1-53(2,3)38-26-27-47(41(31-38)35-22-18-17-19-23-35)61-48-25-21-20-24-45(48)60-52(61)37-28-36(29-39(30-37)54(4,5)6)49-50(58-16)43(56(10,11)12)34-46(59-49)42-32-40(55(7,8)9)33-44(51(42)62)57(13,14)15;/h17-27,29-34,62H,1-15H3;/q-1;. The number of phenols is 1. The number of hydrogen-bond donors (Lipinski definition) is 1. The maximum Gasteiger partial charge on any atom is 0.184 e. The molecule has 1 N–H and O–H groups in total. The van der Waals surface area contributed by atoms with Gasteiger partial charge in [0.1, 0.15) is 5.75 Å². The molecular weight excluding hydrogens is 952 g/mol. The van der Waals surface area contributed by atoms with E-state index in [4.69, 9.17) is 16.5 Å². The summed E-state index contributed by atoms with van der Waals surface area (Å²) in [6.45, 7) is 41.4. The van der Waals surface area contributed by atoms with E-state index in [9.17, 15) is 5.11 Å². The molecule has 0 atom stereocenters. The van der Waals surface area contributed by atoms with Gasteiger partial charge in [-0.05, 0) is 85.7 Å². The minimum atomic E-state index is -0.415. The molecular formula is C57H63N4OPt-. The van der Waals surface area contributed by atoms with Crippen LogP contribution in [0.3, 0.4) is 0 Å². The van der Waals surface area contributed by atoms with E-state index in [0.29, 0.717) is 28.2 Å². The van der Waals surface area contributed by atoms with Crippen LogP contribution in [-0.2, 0) is 48.1 Å². The fraction of sp³-hybridized carbons (Fsp3) is 0.351. The molecule has 0 fully saturated rings. The second kappa shape index (κ2) is 16.7. The average molecular weight is 1020 g/mol. The van der Waals surface area contributed by atoms with Gasteiger partial charge in [0.05, 0.1) is 29.1 Å². The Kier molecular flexibility index (Phi) is 12.5. The van der Waals surface area contributed by atoms with Crippen LogP contribution in [0.25, 0.3) is 66.6 Å². The maximum atomic E-state index is 12.1. The summed E-state index contributed by atoms with van der Waals surface area (Å²) in [6.07, 6.45) is 0. The van der Waals surface area contributed by atoms with Crippen LogP contribution in [0.4, 0.5) is 5.69 Å². The number of hydrogen-bond acceptors (Lipinski definition) is 3. The third kappa shape index (κ3) is 9.35. The minimum Gasteiger partial charge on any atom is -0.507 e. The van der Waals surface area contributed by atoms with Crippen molar-refractivity contribution in [2.45, 2.75) is 131 Å². The summed E-state index contributed by atoms with van der Waals surface area (Å²) in [5.41, 5.74) is 12.8. The Hall–Kier alpha value is -5.30. The number of benzene rings is 5. The molecule has 0 amide bonds. The Morgan fingerprint density at radius 1 is 0.556 bits per heavy atom. The van der Waals surface area contributed by atoms with Gasteiger partial charge in [-0.15, -0.1) is 29.3 Å². The molecule has 328 valence electrons. The molecule has 5 aromatic carbocycles. The van der Waals surface area contributed by atoms with Crippen LogP contribution in [-0.4, -0.2) is 19.6 Å². The minimum absolute atomic E-state index is 0. The van der Waals surface area contributed by atoms with Crippen molar-refractivity contribution in [2.24, 2.45) is 0 Å². The number of phenolic OH excluding ortho intramolecular Hbond substituents is 1. The second-order valence-electron chi connectivity index (χ2n) is 22.1. The number of aromatic nitrogens is 3. The first kappa shape index (κ1) is 47.2. The van der Waals surface area contributed by atoms with Gasteiger partial charge in [0.15, 0.2) is 5.69 Å². The van der Waals surface area contributed by atoms with Gasteiger partial charge in [-0.3, -0.25) is 9.97 Å². The molecule has 2 aromatic heterocycles. The number of nitrogens with zero attached hydrogens (tertiary/aromatic N) is 4. The average Bonchev–Trinajstić information content (AvgIpc) is 3.58. The smallest absolute Gasteiger partial charge is 0.184 e. The molecule has 2 heterocycles. The number of aromatic hydroxyl groups is 1. The van der Waals surface area contributed by atoms with Crippen molar-refractivity contribution in [1.82, 2.24) is 14.5 Å². The molecule has 0 bridgehead atoms. The topological polar surface area (TPSA) is 55.3 Å². The van der Waals surface area contributed by atoms with Crippen LogP contribution in [0.5, 0.6) is 5.75 Å². The Balaban J connectivity index is 0.00000661. The Morgan fingerprint density at radius 3 is 1.70 bits per heavy atom. The number of rotatable bonds is 5. The predicted octanol–water partition coefficient (Wildman–Crippen LogP) is 15.6. The molecule has 6 heteroatoms. The quantitative estimate of drug-likeness (QED) is 0.175. The predicted molar refractivity (Wildman–Crippen MR) is 261 cm³/mol. The van der Waals surface area contributed by atoms with E-state index in [-0.39, 0.29) is 48.5 Å². The molecule has 0 saturated carbocycles. The summed E-state index contributed by atoms with van der Waals surface area (Å²) >= 11 is 0. The number of para-hydroxylation sites is 2. The third-order valence-electron chi connectivity index (χ3n) is 12.0. The summed E-state index contributed by atoms with van der Waals surface area (Å²) in [5.74, 6) is 0.967. The van der Waals surface area contributed by atoms with Crippen molar-refractivity contribution >= 4 is 16.7 Å². The first-order valence-electron chi connectivity index (χ1n) is 21.8. The van der Waals surface area contributed by atoms with E-state index < -0.39 is 5.41 Å². The summed E-state index contributed by atoms with van der Waals surface area (Å²) in [7, 11) is 0. The molecule has 0 unspecified atom stereocenters. The van der Waals surface area contributed by atoms with Gasteiger partial charge in [-0.1, -0.05) is 164 Å². The maximum absolute atomic E-state index is 12.1. The van der Waals surface area contributed by atoms with Crippen LogP contribution in [0.2, 0.25) is 0 Å². The summed E-state index contributed by atoms with van der Waals surface area (Å²) in [6, 6.07) is 40.1.